The van der Waals surface area contributed by atoms with Crippen LogP contribution in [0.5, 0.6) is 23.0 Å². The number of ether oxygens (including phenoxy) is 4. The third-order valence-electron chi connectivity index (χ3n) is 17.8. The van der Waals surface area contributed by atoms with E-state index >= 15 is 0 Å². The van der Waals surface area contributed by atoms with Crippen LogP contribution in [-0.2, 0) is 33.6 Å². The minimum atomic E-state index is -0.978. The van der Waals surface area contributed by atoms with Gasteiger partial charge in [-0.2, -0.15) is 0 Å². The van der Waals surface area contributed by atoms with Crippen LogP contribution in [0.25, 0.3) is 0 Å². The van der Waals surface area contributed by atoms with Crippen molar-refractivity contribution in [1.82, 2.24) is 25.8 Å². The molecular formula is C75H87ClN10O12. The number of fused-ring (bicyclic) bond motifs is 3. The molecule has 3 fully saturated rings. The first-order chi connectivity index (χ1) is 47.5. The fourth-order valence-electron chi connectivity index (χ4n) is 12.6. The molecule has 0 radical (unpaired) electrons. The lowest BCUT2D eigenvalue weighted by molar-refractivity contribution is -0.384. The molecule has 6 aliphatic heterocycles. The van der Waals surface area contributed by atoms with Gasteiger partial charge in [-0.3, -0.25) is 24.5 Å². The van der Waals surface area contributed by atoms with Crippen LogP contribution in [0, 0.1) is 27.9 Å². The second-order valence-electron chi connectivity index (χ2n) is 24.9. The minimum Gasteiger partial charge on any atom is -0.489 e. The Morgan fingerprint density at radius 1 is 0.531 bits per heavy atom. The molecule has 7 aromatic carbocycles. The maximum absolute atomic E-state index is 12.9. The molecule has 7 aromatic rings. The second kappa shape index (κ2) is 36.4. The molecule has 0 saturated carbocycles. The van der Waals surface area contributed by atoms with Crippen molar-refractivity contribution >= 4 is 69.6 Å². The van der Waals surface area contributed by atoms with Crippen LogP contribution in [0.3, 0.4) is 0 Å². The number of rotatable bonds is 10. The number of halogens is 1. The highest BCUT2D eigenvalue weighted by molar-refractivity contribution is 6.61. The van der Waals surface area contributed by atoms with Gasteiger partial charge in [0.25, 0.3) is 17.5 Å². The summed E-state index contributed by atoms with van der Waals surface area (Å²) in [4.78, 5) is 91.3. The molecule has 516 valence electrons. The lowest BCUT2D eigenvalue weighted by atomic mass is 9.91. The van der Waals surface area contributed by atoms with E-state index in [2.05, 4.69) is 99.6 Å². The molecule has 22 nitrogen and oxygen atoms in total. The van der Waals surface area contributed by atoms with Gasteiger partial charge < -0.3 is 65.1 Å². The number of nitro benzene ring substituents is 1. The third-order valence-corrected chi connectivity index (χ3v) is 17.8. The molecule has 5 N–H and O–H groups in total. The lowest BCUT2D eigenvalue weighted by Gasteiger charge is -2.34. The van der Waals surface area contributed by atoms with Crippen molar-refractivity contribution in [3.05, 3.63) is 215 Å². The van der Waals surface area contributed by atoms with Gasteiger partial charge in [0, 0.05) is 71.1 Å². The normalized spacial score (nSPS) is 20.2. The predicted molar refractivity (Wildman–Crippen MR) is 378 cm³/mol. The fraction of sp³-hybridized carbons (Fsp3) is 0.360. The molecule has 98 heavy (non-hydrogen) atoms. The first-order valence-corrected chi connectivity index (χ1v) is 33.6. The maximum atomic E-state index is 12.9. The van der Waals surface area contributed by atoms with E-state index in [0.717, 1.165) is 74.6 Å². The van der Waals surface area contributed by atoms with E-state index in [4.69, 9.17) is 31.5 Å². The molecule has 0 spiro atoms. The monoisotopic (exact) mass is 1350 g/mol. The smallest absolute Gasteiger partial charge is 0.409 e. The fourth-order valence-corrected chi connectivity index (χ4v) is 12.7. The van der Waals surface area contributed by atoms with Crippen molar-refractivity contribution in [3.8, 4) is 23.0 Å². The van der Waals surface area contributed by atoms with E-state index in [0.29, 0.717) is 42.2 Å². The number of nitrogens with two attached hydrogens (primary N) is 1. The van der Waals surface area contributed by atoms with Crippen LogP contribution in [0.1, 0.15) is 55.2 Å². The van der Waals surface area contributed by atoms with Gasteiger partial charge in [-0.25, -0.2) is 14.4 Å². The summed E-state index contributed by atoms with van der Waals surface area (Å²) in [6.45, 7) is 5.77. The number of non-ortho nitro benzene ring substituents is 1. The zero-order valence-corrected chi connectivity index (χ0v) is 56.4. The number of hydrogen-bond acceptors (Lipinski definition) is 14. The van der Waals surface area contributed by atoms with Crippen LogP contribution in [0.4, 0.5) is 37.1 Å². The topological polar surface area (TPSA) is 261 Å². The van der Waals surface area contributed by atoms with Gasteiger partial charge >= 0.3 is 17.5 Å². The number of hydrogen-bond donors (Lipinski definition) is 4. The summed E-state index contributed by atoms with van der Waals surface area (Å²) in [5.41, 5.74) is 10.9. The number of anilines is 3. The highest BCUT2D eigenvalue weighted by Crippen LogP contribution is 2.33. The Bertz CT molecular complexity index is 3610. The quantitative estimate of drug-likeness (QED) is 0.0564. The van der Waals surface area contributed by atoms with Crippen LogP contribution in [0.15, 0.2) is 188 Å². The summed E-state index contributed by atoms with van der Waals surface area (Å²) in [5, 5.41) is 19.5. The van der Waals surface area contributed by atoms with Crippen LogP contribution >= 0.6 is 11.6 Å². The predicted octanol–water partition coefficient (Wildman–Crippen LogP) is 11.1. The summed E-state index contributed by atoms with van der Waals surface area (Å²) < 4.78 is 21.5. The molecule has 7 amide bonds. The zero-order valence-electron chi connectivity index (χ0n) is 55.6. The molecule has 0 aromatic heterocycles. The highest BCUT2D eigenvalue weighted by Gasteiger charge is 2.35. The van der Waals surface area contributed by atoms with Gasteiger partial charge in [0.15, 0.2) is 0 Å². The number of nitro groups is 1. The molecular weight excluding hydrogens is 1270 g/mol. The number of carbonyl (C=O) groups excluding carboxylic acids is 6. The number of para-hydroxylation sites is 6. The number of carbonyl (C=O) groups is 6. The SMILES string of the molecule is CN1C(=O)[C@@H](N)COc2ccccc21.CN1C(=O)[C@@H](NC(=O)N2CCC[C@@H](Cc3ccccc3)C2)COc2ccccc21.CN1C(=O)[C@@H](NC(=O)N2CCC[C@H](Cc3ccccc3)C2)COc2ccccc21.O=C(Cl)Oc1ccc([N+](=O)[O-])cc1.c1ccc(CC2CCCNC2)cc1. The number of urea groups is 2. The summed E-state index contributed by atoms with van der Waals surface area (Å²) >= 11 is 4.92. The number of benzene rings is 7. The first kappa shape index (κ1) is 72.2. The van der Waals surface area contributed by atoms with Gasteiger partial charge in [0.05, 0.1) is 22.0 Å². The van der Waals surface area contributed by atoms with E-state index in [1.807, 2.05) is 94.7 Å². The summed E-state index contributed by atoms with van der Waals surface area (Å²) in [5.74, 6) is 3.46. The lowest BCUT2D eigenvalue weighted by Crippen LogP contribution is -2.54. The summed E-state index contributed by atoms with van der Waals surface area (Å²) in [6.07, 6.45) is 10.1. The molecule has 23 heteroatoms. The number of piperidine rings is 3. The summed E-state index contributed by atoms with van der Waals surface area (Å²) in [6, 6.07) is 56.5. The van der Waals surface area contributed by atoms with Crippen LogP contribution < -0.4 is 55.3 Å². The Kier molecular flexibility index (Phi) is 26.8. The van der Waals surface area contributed by atoms with Crippen LogP contribution in [-0.4, -0.2) is 148 Å². The van der Waals surface area contributed by atoms with Crippen molar-refractivity contribution < 1.29 is 52.6 Å². The zero-order chi connectivity index (χ0) is 69.3. The van der Waals surface area contributed by atoms with Crippen molar-refractivity contribution in [2.75, 3.05) is 94.9 Å². The average Bonchev–Trinajstić information content (AvgIpc) is 1.66. The van der Waals surface area contributed by atoms with Crippen molar-refractivity contribution in [1.29, 1.82) is 0 Å². The molecule has 3 saturated heterocycles. The largest absolute Gasteiger partial charge is 0.489 e. The van der Waals surface area contributed by atoms with Gasteiger partial charge in [-0.15, -0.1) is 0 Å². The van der Waals surface area contributed by atoms with Crippen molar-refractivity contribution in [2.45, 2.75) is 75.9 Å². The Morgan fingerprint density at radius 3 is 1.31 bits per heavy atom. The Hall–Kier alpha value is -10.0. The highest BCUT2D eigenvalue weighted by atomic mass is 35.5. The number of amides is 7. The molecule has 13 rings (SSSR count). The molecule has 6 heterocycles. The standard InChI is InChI=1S/2C23H27N3O3.C12H17N.C10H12N2O2.C7H4ClNO4/c2*1-25-20-11-5-6-12-21(20)29-16-19(22(25)27)24-23(28)26-13-7-10-18(15-26)14-17-8-3-2-4-9-17;1-2-5-11(6-3-1)9-12-7-4-8-13-10-12;1-12-8-4-2-3-5-9(8)14-6-7(11)10(12)13;8-7(10)13-6-3-1-5(2-4-6)9(11)12/h2*2-6,8-9,11-12,18-19H,7,10,13-16H2,1H3,(H,24,28);1-3,5-6,12-13H,4,7-10H2;2-5,7H,6,11H2,1H3;1-4H/t18-,19+;18-,19-;;7-;/m10.0./s1. The maximum Gasteiger partial charge on any atom is 0.409 e. The molecule has 0 aliphatic carbocycles. The molecule has 6 atom stereocenters. The Morgan fingerprint density at radius 2 is 0.908 bits per heavy atom. The minimum absolute atomic E-state index is 0.0747. The number of nitrogens with one attached hydrogen (secondary N) is 3. The van der Waals surface area contributed by atoms with Crippen molar-refractivity contribution in [2.24, 2.45) is 23.5 Å². The van der Waals surface area contributed by atoms with E-state index in [1.54, 1.807) is 30.9 Å². The van der Waals surface area contributed by atoms with E-state index in [-0.39, 0.29) is 61.0 Å². The van der Waals surface area contributed by atoms with Crippen LogP contribution in [0.2, 0.25) is 0 Å². The van der Waals surface area contributed by atoms with Crippen molar-refractivity contribution in [3.63, 3.8) is 0 Å². The van der Waals surface area contributed by atoms with E-state index in [9.17, 15) is 38.9 Å². The van der Waals surface area contributed by atoms with Gasteiger partial charge in [-0.05, 0) is 154 Å². The average molecular weight is 1360 g/mol. The number of nitrogens with zero attached hydrogens (tertiary/aromatic N) is 6. The number of likely N-dealkylation sites (tertiary alicyclic amines) is 2. The van der Waals surface area contributed by atoms with E-state index < -0.39 is 28.5 Å². The third kappa shape index (κ3) is 21.0. The summed E-state index contributed by atoms with van der Waals surface area (Å²) in [7, 11) is 5.13. The van der Waals surface area contributed by atoms with Gasteiger partial charge in [0.2, 0.25) is 5.91 Å². The molecule has 1 unspecified atom stereocenters. The van der Waals surface area contributed by atoms with Gasteiger partial charge in [0.1, 0.15) is 60.9 Å². The molecule has 0 bridgehead atoms. The molecule has 6 aliphatic rings. The van der Waals surface area contributed by atoms with Gasteiger partial charge in [-0.1, -0.05) is 127 Å². The number of likely N-dealkylation sites (N-methyl/N-ethyl adjacent to an activating group) is 3. The Labute approximate surface area is 577 Å². The first-order valence-electron chi connectivity index (χ1n) is 33.3. The Balaban J connectivity index is 0.000000151. The second-order valence-corrected chi connectivity index (χ2v) is 25.2. The van der Waals surface area contributed by atoms with E-state index in [1.165, 1.54) is 78.2 Å².